The molecule has 1 heterocycles. The monoisotopic (exact) mass is 237 g/mol. The van der Waals surface area contributed by atoms with Crippen LogP contribution < -0.4 is 10.1 Å². The Balaban J connectivity index is 2.13. The van der Waals surface area contributed by atoms with E-state index in [1.54, 1.807) is 7.11 Å². The highest BCUT2D eigenvalue weighted by Gasteiger charge is 2.29. The topological polar surface area (TPSA) is 39.1 Å². The molecule has 1 aromatic rings. The van der Waals surface area contributed by atoms with E-state index in [4.69, 9.17) is 4.74 Å². The van der Waals surface area contributed by atoms with Gasteiger partial charge in [0.15, 0.2) is 5.75 Å². The molecule has 1 aliphatic carbocycles. The summed E-state index contributed by atoms with van der Waals surface area (Å²) in [5, 5.41) is 7.91. The summed E-state index contributed by atoms with van der Waals surface area (Å²) in [6.45, 7) is 3.24. The van der Waals surface area contributed by atoms with Crippen molar-refractivity contribution in [1.29, 1.82) is 0 Å². The van der Waals surface area contributed by atoms with Crippen LogP contribution in [-0.2, 0) is 7.05 Å². The van der Waals surface area contributed by atoms with Crippen LogP contribution >= 0.6 is 0 Å². The molecule has 1 aromatic heterocycles. The predicted octanol–water partition coefficient (Wildman–Crippen LogP) is 2.27. The van der Waals surface area contributed by atoms with Crippen molar-refractivity contribution in [3.8, 4) is 5.75 Å². The summed E-state index contributed by atoms with van der Waals surface area (Å²) < 4.78 is 7.34. The number of ether oxygens (including phenoxy) is 1. The Morgan fingerprint density at radius 1 is 1.59 bits per heavy atom. The average molecular weight is 237 g/mol. The first kappa shape index (κ1) is 12.4. The fourth-order valence-corrected chi connectivity index (χ4v) is 2.28. The predicted molar refractivity (Wildman–Crippen MR) is 68.1 cm³/mol. The first-order valence-corrected chi connectivity index (χ1v) is 6.55. The summed E-state index contributed by atoms with van der Waals surface area (Å²) in [5.74, 6) is 1.80. The highest BCUT2D eigenvalue weighted by Crippen LogP contribution is 2.39. The number of nitrogens with one attached hydrogen (secondary N) is 1. The molecule has 0 amide bonds. The van der Waals surface area contributed by atoms with E-state index in [0.717, 1.165) is 24.6 Å². The van der Waals surface area contributed by atoms with Gasteiger partial charge in [-0.25, -0.2) is 0 Å². The average Bonchev–Trinajstić information content (AvgIpc) is 3.07. The fourth-order valence-electron chi connectivity index (χ4n) is 2.28. The molecule has 1 atom stereocenters. The molecular weight excluding hydrogens is 214 g/mol. The molecule has 0 saturated heterocycles. The number of aromatic nitrogens is 2. The fraction of sp³-hybridized carbons (Fsp3) is 0.769. The molecule has 0 spiro atoms. The van der Waals surface area contributed by atoms with E-state index in [9.17, 15) is 0 Å². The lowest BCUT2D eigenvalue weighted by Gasteiger charge is -2.19. The van der Waals surface area contributed by atoms with E-state index in [-0.39, 0.29) is 0 Å². The maximum absolute atomic E-state index is 5.41. The minimum absolute atomic E-state index is 0.380. The number of rotatable bonds is 7. The van der Waals surface area contributed by atoms with Crippen LogP contribution in [0.2, 0.25) is 0 Å². The standard InChI is InChI=1S/C13H23N3O/c1-4-7-14-11(8-10-5-6-10)13-12(17-3)9-15-16(13)2/h9-11,14H,4-8H2,1-3H3. The molecular formula is C13H23N3O. The summed E-state index contributed by atoms with van der Waals surface area (Å²) in [6.07, 6.45) is 6.93. The third-order valence-electron chi connectivity index (χ3n) is 3.41. The zero-order valence-corrected chi connectivity index (χ0v) is 11.1. The van der Waals surface area contributed by atoms with Crippen LogP contribution in [0.5, 0.6) is 5.75 Å². The highest BCUT2D eigenvalue weighted by atomic mass is 16.5. The third kappa shape index (κ3) is 3.00. The van der Waals surface area contributed by atoms with Crippen molar-refractivity contribution in [2.75, 3.05) is 13.7 Å². The van der Waals surface area contributed by atoms with Gasteiger partial charge in [-0.1, -0.05) is 19.8 Å². The van der Waals surface area contributed by atoms with E-state index in [1.807, 2.05) is 17.9 Å². The highest BCUT2D eigenvalue weighted by molar-refractivity contribution is 5.28. The third-order valence-corrected chi connectivity index (χ3v) is 3.41. The summed E-state index contributed by atoms with van der Waals surface area (Å²) in [6, 6.07) is 0.380. The molecule has 17 heavy (non-hydrogen) atoms. The van der Waals surface area contributed by atoms with Crippen LogP contribution in [-0.4, -0.2) is 23.4 Å². The van der Waals surface area contributed by atoms with E-state index >= 15 is 0 Å². The first-order chi connectivity index (χ1) is 8.26. The van der Waals surface area contributed by atoms with Gasteiger partial charge in [0.05, 0.1) is 25.0 Å². The summed E-state index contributed by atoms with van der Waals surface area (Å²) >= 11 is 0. The number of methoxy groups -OCH3 is 1. The number of hydrogen-bond acceptors (Lipinski definition) is 3. The number of hydrogen-bond donors (Lipinski definition) is 1. The summed E-state index contributed by atoms with van der Waals surface area (Å²) in [7, 11) is 3.71. The van der Waals surface area contributed by atoms with Crippen molar-refractivity contribution in [2.24, 2.45) is 13.0 Å². The lowest BCUT2D eigenvalue weighted by molar-refractivity contribution is 0.383. The van der Waals surface area contributed by atoms with Gasteiger partial charge in [-0.05, 0) is 25.3 Å². The van der Waals surface area contributed by atoms with E-state index < -0.39 is 0 Å². The van der Waals surface area contributed by atoms with E-state index in [2.05, 4.69) is 17.3 Å². The van der Waals surface area contributed by atoms with Gasteiger partial charge in [0.25, 0.3) is 0 Å². The van der Waals surface area contributed by atoms with E-state index in [1.165, 1.54) is 25.0 Å². The molecule has 2 rings (SSSR count). The summed E-state index contributed by atoms with van der Waals surface area (Å²) in [4.78, 5) is 0. The molecule has 1 aliphatic rings. The lowest BCUT2D eigenvalue weighted by Crippen LogP contribution is -2.25. The van der Waals surface area contributed by atoms with Gasteiger partial charge in [0.2, 0.25) is 0 Å². The molecule has 0 bridgehead atoms. The maximum Gasteiger partial charge on any atom is 0.161 e. The van der Waals surface area contributed by atoms with Crippen LogP contribution in [0.1, 0.15) is 44.3 Å². The Labute approximate surface area is 103 Å². The van der Waals surface area contributed by atoms with Crippen LogP contribution in [0.15, 0.2) is 6.20 Å². The number of nitrogens with zero attached hydrogens (tertiary/aromatic N) is 2. The van der Waals surface area contributed by atoms with Gasteiger partial charge >= 0.3 is 0 Å². The smallest absolute Gasteiger partial charge is 0.161 e. The molecule has 4 nitrogen and oxygen atoms in total. The van der Waals surface area contributed by atoms with Crippen molar-refractivity contribution in [1.82, 2.24) is 15.1 Å². The largest absolute Gasteiger partial charge is 0.493 e. The van der Waals surface area contributed by atoms with E-state index in [0.29, 0.717) is 6.04 Å². The maximum atomic E-state index is 5.41. The Hall–Kier alpha value is -1.03. The second kappa shape index (κ2) is 5.54. The van der Waals surface area contributed by atoms with Crippen molar-refractivity contribution in [2.45, 2.75) is 38.6 Å². The van der Waals surface area contributed by atoms with Crippen molar-refractivity contribution >= 4 is 0 Å². The molecule has 0 aliphatic heterocycles. The van der Waals surface area contributed by atoms with Gasteiger partial charge in [-0.15, -0.1) is 0 Å². The second-order valence-corrected chi connectivity index (χ2v) is 4.91. The minimum Gasteiger partial charge on any atom is -0.493 e. The van der Waals surface area contributed by atoms with Gasteiger partial charge in [-0.2, -0.15) is 5.10 Å². The minimum atomic E-state index is 0.380. The number of aryl methyl sites for hydroxylation is 1. The van der Waals surface area contributed by atoms with Crippen LogP contribution in [0.4, 0.5) is 0 Å². The molecule has 96 valence electrons. The van der Waals surface area contributed by atoms with Gasteiger partial charge in [0, 0.05) is 7.05 Å². The second-order valence-electron chi connectivity index (χ2n) is 4.91. The molecule has 0 radical (unpaired) electrons. The quantitative estimate of drug-likeness (QED) is 0.790. The molecule has 1 fully saturated rings. The molecule has 4 heteroatoms. The Kier molecular flexibility index (Phi) is 4.05. The van der Waals surface area contributed by atoms with Crippen LogP contribution in [0, 0.1) is 5.92 Å². The Bertz CT molecular complexity index is 358. The summed E-state index contributed by atoms with van der Waals surface area (Å²) in [5.41, 5.74) is 1.19. The van der Waals surface area contributed by atoms with Crippen LogP contribution in [0.3, 0.4) is 0 Å². The SMILES string of the molecule is CCCNC(CC1CC1)c1c(OC)cnn1C. The Morgan fingerprint density at radius 2 is 2.35 bits per heavy atom. The molecule has 1 saturated carbocycles. The van der Waals surface area contributed by atoms with Gasteiger partial charge in [-0.3, -0.25) is 4.68 Å². The molecule has 1 N–H and O–H groups in total. The normalized spacial score (nSPS) is 17.1. The van der Waals surface area contributed by atoms with Gasteiger partial charge < -0.3 is 10.1 Å². The van der Waals surface area contributed by atoms with Crippen molar-refractivity contribution in [3.63, 3.8) is 0 Å². The van der Waals surface area contributed by atoms with Crippen molar-refractivity contribution in [3.05, 3.63) is 11.9 Å². The van der Waals surface area contributed by atoms with Crippen molar-refractivity contribution < 1.29 is 4.74 Å². The molecule has 1 unspecified atom stereocenters. The Morgan fingerprint density at radius 3 is 2.94 bits per heavy atom. The first-order valence-electron chi connectivity index (χ1n) is 6.55. The van der Waals surface area contributed by atoms with Gasteiger partial charge in [0.1, 0.15) is 0 Å². The zero-order valence-electron chi connectivity index (χ0n) is 11.1. The molecule has 0 aromatic carbocycles. The lowest BCUT2D eigenvalue weighted by atomic mass is 10.1. The zero-order chi connectivity index (χ0) is 12.3. The van der Waals surface area contributed by atoms with Crippen LogP contribution in [0.25, 0.3) is 0 Å².